The molecule has 8 nitrogen and oxygen atoms in total. The largest absolute Gasteiger partial charge is 0.328 e. The third-order valence-corrected chi connectivity index (χ3v) is 8.29. The second-order valence-corrected chi connectivity index (χ2v) is 13.1. The van der Waals surface area contributed by atoms with Crippen LogP contribution in [0.15, 0.2) is 110 Å². The van der Waals surface area contributed by atoms with Crippen molar-refractivity contribution in [3.05, 3.63) is 122 Å². The van der Waals surface area contributed by atoms with E-state index >= 15 is 0 Å². The van der Waals surface area contributed by atoms with Gasteiger partial charge < -0.3 is 13.7 Å². The first-order chi connectivity index (χ1) is 23.2. The van der Waals surface area contributed by atoms with E-state index in [0.717, 1.165) is 28.6 Å². The SMILES string of the molecule is C.CC(C)C1=CCc2cccnc21.CC(C)n1cnc2ccccc21.CC(C)n1cnc2ccccc21.CC(C)n1cnc2cccnc21. The summed E-state index contributed by atoms with van der Waals surface area (Å²) in [4.78, 5) is 21.5. The number of hydrogen-bond acceptors (Lipinski definition) is 5. The third kappa shape index (κ3) is 8.68. The van der Waals surface area contributed by atoms with E-state index in [0.29, 0.717) is 24.0 Å². The molecule has 0 atom stereocenters. The molecule has 7 aromatic rings. The monoisotopic (exact) mass is 656 g/mol. The summed E-state index contributed by atoms with van der Waals surface area (Å²) in [5.41, 5.74) is 10.5. The van der Waals surface area contributed by atoms with Crippen LogP contribution in [0.1, 0.15) is 92.2 Å². The summed E-state index contributed by atoms with van der Waals surface area (Å²) in [6.07, 6.45) is 12.7. The molecule has 8 heteroatoms. The highest BCUT2D eigenvalue weighted by molar-refractivity contribution is 5.76. The van der Waals surface area contributed by atoms with Gasteiger partial charge >= 0.3 is 0 Å². The van der Waals surface area contributed by atoms with Gasteiger partial charge in [-0.2, -0.15) is 0 Å². The molecule has 0 spiro atoms. The van der Waals surface area contributed by atoms with Gasteiger partial charge in [0.15, 0.2) is 5.65 Å². The van der Waals surface area contributed by atoms with Gasteiger partial charge in [0.05, 0.1) is 46.7 Å². The molecule has 0 N–H and O–H groups in total. The molecular formula is C41H52N8. The minimum atomic E-state index is 0. The summed E-state index contributed by atoms with van der Waals surface area (Å²) in [7, 11) is 0. The Morgan fingerprint density at radius 2 is 0.980 bits per heavy atom. The van der Waals surface area contributed by atoms with Gasteiger partial charge in [0.1, 0.15) is 5.52 Å². The minimum Gasteiger partial charge on any atom is -0.328 e. The molecule has 1 aliphatic carbocycles. The number of rotatable bonds is 4. The van der Waals surface area contributed by atoms with Crippen LogP contribution in [0.25, 0.3) is 38.8 Å². The second kappa shape index (κ2) is 16.8. The predicted octanol–water partition coefficient (Wildman–Crippen LogP) is 10.6. The number of hydrogen-bond donors (Lipinski definition) is 0. The number of aromatic nitrogens is 8. The lowest BCUT2D eigenvalue weighted by molar-refractivity contribution is 0.613. The summed E-state index contributed by atoms with van der Waals surface area (Å²) >= 11 is 0. The molecule has 5 aromatic heterocycles. The Labute approximate surface area is 291 Å². The first kappa shape index (κ1) is 36.7. The Bertz CT molecular complexity index is 1910. The summed E-state index contributed by atoms with van der Waals surface area (Å²) < 4.78 is 6.42. The van der Waals surface area contributed by atoms with Crippen molar-refractivity contribution >= 4 is 38.8 Å². The third-order valence-electron chi connectivity index (χ3n) is 8.29. The normalized spacial score (nSPS) is 11.9. The highest BCUT2D eigenvalue weighted by Crippen LogP contribution is 2.30. The number of allylic oxidation sites excluding steroid dienone is 2. The molecule has 0 bridgehead atoms. The fourth-order valence-electron chi connectivity index (χ4n) is 5.71. The fraction of sp³-hybridized carbons (Fsp3) is 0.341. The van der Waals surface area contributed by atoms with Crippen molar-refractivity contribution in [3.63, 3.8) is 0 Å². The Hall–Kier alpha value is -5.11. The molecular weight excluding hydrogens is 605 g/mol. The van der Waals surface area contributed by atoms with Gasteiger partial charge in [-0.1, -0.05) is 57.7 Å². The van der Waals surface area contributed by atoms with Crippen LogP contribution >= 0.6 is 0 Å². The van der Waals surface area contributed by atoms with E-state index in [1.807, 2.05) is 79.8 Å². The summed E-state index contributed by atoms with van der Waals surface area (Å²) in [5, 5.41) is 0. The zero-order chi connectivity index (χ0) is 34.2. The molecule has 0 radical (unpaired) electrons. The molecule has 49 heavy (non-hydrogen) atoms. The van der Waals surface area contributed by atoms with Crippen LogP contribution < -0.4 is 0 Å². The van der Waals surface area contributed by atoms with E-state index in [2.05, 4.69) is 118 Å². The van der Waals surface area contributed by atoms with Gasteiger partial charge in [0.2, 0.25) is 0 Å². The molecule has 5 heterocycles. The molecule has 0 unspecified atom stereocenters. The molecule has 8 rings (SSSR count). The van der Waals surface area contributed by atoms with E-state index in [1.54, 1.807) is 6.20 Å². The number of fused-ring (bicyclic) bond motifs is 4. The Kier molecular flexibility index (Phi) is 12.6. The van der Waals surface area contributed by atoms with Crippen molar-refractivity contribution in [1.29, 1.82) is 0 Å². The summed E-state index contributed by atoms with van der Waals surface area (Å²) in [6.45, 7) is 17.3. The molecule has 0 aliphatic heterocycles. The average molecular weight is 657 g/mol. The van der Waals surface area contributed by atoms with Crippen molar-refractivity contribution in [1.82, 2.24) is 38.6 Å². The fourth-order valence-corrected chi connectivity index (χ4v) is 5.71. The molecule has 0 saturated carbocycles. The van der Waals surface area contributed by atoms with Crippen LogP contribution in [-0.2, 0) is 6.42 Å². The maximum absolute atomic E-state index is 4.39. The van der Waals surface area contributed by atoms with Crippen LogP contribution in [0.2, 0.25) is 0 Å². The molecule has 0 fully saturated rings. The zero-order valence-electron chi connectivity index (χ0n) is 29.5. The minimum absolute atomic E-state index is 0. The first-order valence-corrected chi connectivity index (χ1v) is 16.9. The first-order valence-electron chi connectivity index (χ1n) is 16.9. The Morgan fingerprint density at radius 3 is 1.53 bits per heavy atom. The van der Waals surface area contributed by atoms with Gasteiger partial charge in [-0.25, -0.2) is 19.9 Å². The van der Waals surface area contributed by atoms with Crippen LogP contribution in [0.5, 0.6) is 0 Å². The van der Waals surface area contributed by atoms with Crippen molar-refractivity contribution in [2.24, 2.45) is 5.92 Å². The van der Waals surface area contributed by atoms with Crippen molar-refractivity contribution < 1.29 is 0 Å². The molecule has 1 aliphatic rings. The maximum Gasteiger partial charge on any atom is 0.160 e. The van der Waals surface area contributed by atoms with Crippen LogP contribution in [0.4, 0.5) is 0 Å². The number of nitrogens with zero attached hydrogens (tertiary/aromatic N) is 8. The van der Waals surface area contributed by atoms with Crippen LogP contribution in [-0.4, -0.2) is 38.6 Å². The van der Waals surface area contributed by atoms with Gasteiger partial charge in [-0.3, -0.25) is 4.98 Å². The molecule has 0 amide bonds. The highest BCUT2D eigenvalue weighted by Gasteiger charge is 2.16. The smallest absolute Gasteiger partial charge is 0.160 e. The topological polar surface area (TPSA) is 79.2 Å². The van der Waals surface area contributed by atoms with Gasteiger partial charge in [0.25, 0.3) is 0 Å². The van der Waals surface area contributed by atoms with Crippen LogP contribution in [0.3, 0.4) is 0 Å². The second-order valence-electron chi connectivity index (χ2n) is 13.1. The number of benzene rings is 2. The maximum atomic E-state index is 4.39. The lowest BCUT2D eigenvalue weighted by Gasteiger charge is -2.06. The Balaban J connectivity index is 0.000000146. The van der Waals surface area contributed by atoms with E-state index in [1.165, 1.54) is 27.9 Å². The Morgan fingerprint density at radius 1 is 0.510 bits per heavy atom. The van der Waals surface area contributed by atoms with E-state index in [9.17, 15) is 0 Å². The van der Waals surface area contributed by atoms with Crippen LogP contribution in [0, 0.1) is 5.92 Å². The number of pyridine rings is 2. The lowest BCUT2D eigenvalue weighted by atomic mass is 10.0. The standard InChI is InChI=1S/C11H13N.2C10H12N2.C9H11N3.CH4/c1-8(2)10-6-5-9-4-3-7-12-11(9)10;2*1-8(2)12-7-11-9-5-3-4-6-10(9)12;1-7(2)12-6-11-8-4-3-5-10-9(8)12;/h3-4,6-8H,5H2,1-2H3;2*3-8H,1-2H3;3-7H,1-2H3;1H4. The number of imidazole rings is 3. The van der Waals surface area contributed by atoms with E-state index < -0.39 is 0 Å². The van der Waals surface area contributed by atoms with Crippen molar-refractivity contribution in [2.75, 3.05) is 0 Å². The van der Waals surface area contributed by atoms with E-state index in [-0.39, 0.29) is 7.43 Å². The van der Waals surface area contributed by atoms with Gasteiger partial charge in [0, 0.05) is 30.5 Å². The average Bonchev–Trinajstić information content (AvgIpc) is 3.89. The molecule has 2 aromatic carbocycles. The highest BCUT2D eigenvalue weighted by atomic mass is 15.1. The predicted molar refractivity (Wildman–Crippen MR) is 206 cm³/mol. The van der Waals surface area contributed by atoms with Gasteiger partial charge in [-0.15, -0.1) is 0 Å². The van der Waals surface area contributed by atoms with Crippen molar-refractivity contribution in [3.8, 4) is 0 Å². The molecule has 256 valence electrons. The lowest BCUT2D eigenvalue weighted by Crippen LogP contribution is -1.98. The molecule has 0 saturated heterocycles. The van der Waals surface area contributed by atoms with E-state index in [4.69, 9.17) is 0 Å². The number of para-hydroxylation sites is 4. The van der Waals surface area contributed by atoms with Gasteiger partial charge in [-0.05, 0) is 107 Å². The summed E-state index contributed by atoms with van der Waals surface area (Å²) in [5.74, 6) is 0.598. The quantitative estimate of drug-likeness (QED) is 0.188. The van der Waals surface area contributed by atoms with Crippen molar-refractivity contribution in [2.45, 2.75) is 87.4 Å². The zero-order valence-corrected chi connectivity index (χ0v) is 29.5. The summed E-state index contributed by atoms with van der Waals surface area (Å²) in [6, 6.07) is 25.8.